The van der Waals surface area contributed by atoms with Gasteiger partial charge in [-0.3, -0.25) is 9.59 Å². The van der Waals surface area contributed by atoms with Gasteiger partial charge in [0.2, 0.25) is 0 Å². The predicted molar refractivity (Wildman–Crippen MR) is 120 cm³/mol. The topological polar surface area (TPSA) is 58.6 Å². The van der Waals surface area contributed by atoms with Crippen LogP contribution < -0.4 is 15.0 Å². The minimum atomic E-state index is -0.315. The van der Waals surface area contributed by atoms with E-state index in [9.17, 15) is 9.59 Å². The Labute approximate surface area is 177 Å². The highest BCUT2D eigenvalue weighted by Crippen LogP contribution is 2.24. The van der Waals surface area contributed by atoms with E-state index in [1.807, 2.05) is 50.2 Å². The summed E-state index contributed by atoms with van der Waals surface area (Å²) in [6, 6.07) is 23.6. The molecule has 2 amide bonds. The van der Waals surface area contributed by atoms with Gasteiger partial charge in [0, 0.05) is 12.2 Å². The van der Waals surface area contributed by atoms with Gasteiger partial charge in [-0.25, -0.2) is 0 Å². The fraction of sp³-hybridized carbons (Fsp3) is 0.200. The number of carbonyl (C=O) groups excluding carboxylic acids is 2. The summed E-state index contributed by atoms with van der Waals surface area (Å²) < 4.78 is 5.70. The van der Waals surface area contributed by atoms with Crippen molar-refractivity contribution in [2.45, 2.75) is 20.3 Å². The molecule has 0 aliphatic carbocycles. The molecule has 154 valence electrons. The van der Waals surface area contributed by atoms with Crippen LogP contribution in [0.25, 0.3) is 0 Å². The standard InChI is InChI=1S/C25H26N2O3/c1-3-18-30-23-17-11-9-15-21(23)24(28)26-22-16-10-8-14-20(22)25(29)27(4-2)19-12-6-5-7-13-19/h5-17H,3-4,18H2,1-2H3,(H,26,28). The summed E-state index contributed by atoms with van der Waals surface area (Å²) in [5, 5.41) is 2.89. The van der Waals surface area contributed by atoms with Crippen molar-refractivity contribution in [3.05, 3.63) is 90.0 Å². The third-order valence-corrected chi connectivity index (χ3v) is 4.63. The lowest BCUT2D eigenvalue weighted by Gasteiger charge is -2.22. The molecule has 0 atom stereocenters. The number of hydrogen-bond acceptors (Lipinski definition) is 3. The maximum atomic E-state index is 13.3. The van der Waals surface area contributed by atoms with Crippen LogP contribution in [0.5, 0.6) is 5.75 Å². The van der Waals surface area contributed by atoms with Gasteiger partial charge in [-0.05, 0) is 49.7 Å². The van der Waals surface area contributed by atoms with Crippen LogP contribution in [0.1, 0.15) is 41.0 Å². The van der Waals surface area contributed by atoms with Crippen molar-refractivity contribution in [3.63, 3.8) is 0 Å². The number of hydrogen-bond donors (Lipinski definition) is 1. The van der Waals surface area contributed by atoms with Gasteiger partial charge in [-0.15, -0.1) is 0 Å². The van der Waals surface area contributed by atoms with E-state index in [0.29, 0.717) is 35.7 Å². The molecule has 0 bridgehead atoms. The Morgan fingerprint density at radius 3 is 2.17 bits per heavy atom. The van der Waals surface area contributed by atoms with Crippen molar-refractivity contribution in [1.82, 2.24) is 0 Å². The van der Waals surface area contributed by atoms with E-state index in [-0.39, 0.29) is 11.8 Å². The van der Waals surface area contributed by atoms with Crippen molar-refractivity contribution < 1.29 is 14.3 Å². The number of rotatable bonds is 8. The first kappa shape index (κ1) is 21.1. The summed E-state index contributed by atoms with van der Waals surface area (Å²) in [6.45, 7) is 4.98. The number of para-hydroxylation sites is 3. The van der Waals surface area contributed by atoms with Crippen LogP contribution in [0.2, 0.25) is 0 Å². The van der Waals surface area contributed by atoms with Gasteiger partial charge in [0.25, 0.3) is 11.8 Å². The fourth-order valence-electron chi connectivity index (χ4n) is 3.16. The highest BCUT2D eigenvalue weighted by atomic mass is 16.5. The van der Waals surface area contributed by atoms with E-state index in [1.54, 1.807) is 47.4 Å². The van der Waals surface area contributed by atoms with Gasteiger partial charge in [-0.2, -0.15) is 0 Å². The van der Waals surface area contributed by atoms with Crippen molar-refractivity contribution in [2.24, 2.45) is 0 Å². The van der Waals surface area contributed by atoms with E-state index < -0.39 is 0 Å². The summed E-state index contributed by atoms with van der Waals surface area (Å²) in [5.74, 6) is 0.0416. The minimum absolute atomic E-state index is 0.171. The number of ether oxygens (including phenoxy) is 1. The summed E-state index contributed by atoms with van der Waals surface area (Å²) in [4.78, 5) is 27.9. The largest absolute Gasteiger partial charge is 0.493 e. The number of benzene rings is 3. The molecule has 0 radical (unpaired) electrons. The SMILES string of the molecule is CCCOc1ccccc1C(=O)Nc1ccccc1C(=O)N(CC)c1ccccc1. The van der Waals surface area contributed by atoms with Crippen LogP contribution in [0.3, 0.4) is 0 Å². The zero-order chi connectivity index (χ0) is 21.3. The second-order valence-corrected chi connectivity index (χ2v) is 6.73. The molecule has 3 aromatic rings. The van der Waals surface area contributed by atoms with Gasteiger partial charge >= 0.3 is 0 Å². The first-order chi connectivity index (χ1) is 14.7. The van der Waals surface area contributed by atoms with E-state index in [2.05, 4.69) is 5.32 Å². The molecule has 0 aliphatic rings. The van der Waals surface area contributed by atoms with Gasteiger partial charge in [-0.1, -0.05) is 49.4 Å². The first-order valence-corrected chi connectivity index (χ1v) is 10.1. The Morgan fingerprint density at radius 1 is 0.833 bits per heavy atom. The number of nitrogens with zero attached hydrogens (tertiary/aromatic N) is 1. The smallest absolute Gasteiger partial charge is 0.260 e. The lowest BCUT2D eigenvalue weighted by molar-refractivity contribution is 0.0989. The van der Waals surface area contributed by atoms with E-state index in [0.717, 1.165) is 12.1 Å². The van der Waals surface area contributed by atoms with Crippen LogP contribution in [0, 0.1) is 0 Å². The van der Waals surface area contributed by atoms with Crippen molar-refractivity contribution >= 4 is 23.2 Å². The molecule has 0 aromatic heterocycles. The quantitative estimate of drug-likeness (QED) is 0.549. The second-order valence-electron chi connectivity index (χ2n) is 6.73. The molecular formula is C25H26N2O3. The maximum Gasteiger partial charge on any atom is 0.260 e. The van der Waals surface area contributed by atoms with Gasteiger partial charge in [0.1, 0.15) is 5.75 Å². The molecule has 1 N–H and O–H groups in total. The number of amides is 2. The molecule has 0 fully saturated rings. The lowest BCUT2D eigenvalue weighted by atomic mass is 10.1. The second kappa shape index (κ2) is 10.3. The van der Waals surface area contributed by atoms with Crippen molar-refractivity contribution in [3.8, 4) is 5.75 Å². The molecule has 0 aliphatic heterocycles. The Morgan fingerprint density at radius 2 is 1.47 bits per heavy atom. The third kappa shape index (κ3) is 4.87. The molecule has 30 heavy (non-hydrogen) atoms. The summed E-state index contributed by atoms with van der Waals surface area (Å²) >= 11 is 0. The molecular weight excluding hydrogens is 376 g/mol. The number of anilines is 2. The number of carbonyl (C=O) groups is 2. The highest BCUT2D eigenvalue weighted by molar-refractivity contribution is 6.14. The summed E-state index contributed by atoms with van der Waals surface area (Å²) in [6.07, 6.45) is 0.847. The lowest BCUT2D eigenvalue weighted by Crippen LogP contribution is -2.31. The molecule has 3 rings (SSSR count). The van der Waals surface area contributed by atoms with Crippen molar-refractivity contribution in [2.75, 3.05) is 23.4 Å². The molecule has 0 saturated heterocycles. The molecule has 5 heteroatoms. The monoisotopic (exact) mass is 402 g/mol. The Balaban J connectivity index is 1.87. The summed E-state index contributed by atoms with van der Waals surface area (Å²) in [7, 11) is 0. The van der Waals surface area contributed by atoms with E-state index >= 15 is 0 Å². The van der Waals surface area contributed by atoms with Crippen molar-refractivity contribution in [1.29, 1.82) is 0 Å². The van der Waals surface area contributed by atoms with Gasteiger partial charge < -0.3 is 15.0 Å². The van der Waals surface area contributed by atoms with Crippen LogP contribution in [-0.4, -0.2) is 25.0 Å². The van der Waals surface area contributed by atoms with Gasteiger partial charge in [0.05, 0.1) is 23.4 Å². The van der Waals surface area contributed by atoms with Crippen LogP contribution in [0.4, 0.5) is 11.4 Å². The van der Waals surface area contributed by atoms with E-state index in [4.69, 9.17) is 4.74 Å². The van der Waals surface area contributed by atoms with E-state index in [1.165, 1.54) is 0 Å². The molecule has 3 aromatic carbocycles. The predicted octanol–water partition coefficient (Wildman–Crippen LogP) is 5.39. The molecule has 0 heterocycles. The maximum absolute atomic E-state index is 13.3. The molecule has 5 nitrogen and oxygen atoms in total. The Kier molecular flexibility index (Phi) is 7.22. The van der Waals surface area contributed by atoms with Crippen LogP contribution in [0.15, 0.2) is 78.9 Å². The fourth-order valence-corrected chi connectivity index (χ4v) is 3.16. The molecule has 0 unspecified atom stereocenters. The van der Waals surface area contributed by atoms with Crippen LogP contribution >= 0.6 is 0 Å². The first-order valence-electron chi connectivity index (χ1n) is 10.1. The highest BCUT2D eigenvalue weighted by Gasteiger charge is 2.21. The molecule has 0 spiro atoms. The Hall–Kier alpha value is -3.60. The average molecular weight is 402 g/mol. The third-order valence-electron chi connectivity index (χ3n) is 4.63. The number of nitrogens with one attached hydrogen (secondary N) is 1. The zero-order valence-electron chi connectivity index (χ0n) is 17.3. The summed E-state index contributed by atoms with van der Waals surface area (Å²) in [5.41, 5.74) is 2.14. The normalized spacial score (nSPS) is 10.3. The minimum Gasteiger partial charge on any atom is -0.493 e. The molecule has 0 saturated carbocycles. The Bertz CT molecular complexity index is 1000. The zero-order valence-corrected chi connectivity index (χ0v) is 17.3. The van der Waals surface area contributed by atoms with Crippen LogP contribution in [-0.2, 0) is 0 Å². The van der Waals surface area contributed by atoms with Gasteiger partial charge in [0.15, 0.2) is 0 Å². The average Bonchev–Trinajstić information content (AvgIpc) is 2.79.